The molecule has 0 aromatic heterocycles. The number of carbonyl (C=O) groups is 1. The van der Waals surface area contributed by atoms with Gasteiger partial charge in [-0.1, -0.05) is 23.9 Å². The van der Waals surface area contributed by atoms with E-state index >= 15 is 0 Å². The maximum atomic E-state index is 10.7. The van der Waals surface area contributed by atoms with E-state index in [1.165, 1.54) is 24.3 Å². The van der Waals surface area contributed by atoms with Crippen LogP contribution in [0.25, 0.3) is 0 Å². The number of hydrogen-bond donors (Lipinski definition) is 1. The van der Waals surface area contributed by atoms with E-state index in [2.05, 4.69) is 0 Å². The minimum absolute atomic E-state index is 0. The zero-order chi connectivity index (χ0) is 7.56. The van der Waals surface area contributed by atoms with Crippen molar-refractivity contribution in [2.24, 2.45) is 0 Å². The molecule has 54 valence electrons. The van der Waals surface area contributed by atoms with Gasteiger partial charge in [-0.2, -0.15) is 0 Å². The fourth-order valence-corrected chi connectivity index (χ4v) is 0.643. The number of carboxylic acid groups (broad SMARTS) is 1. The molecule has 11 heavy (non-hydrogen) atoms. The van der Waals surface area contributed by atoms with Crippen LogP contribution in [0, 0.1) is 0 Å². The SMILES string of the molecule is O=C(O)c1ccccc1[O-].[Zn]. The van der Waals surface area contributed by atoms with Crippen LogP contribution in [0.2, 0.25) is 0 Å². The van der Waals surface area contributed by atoms with Gasteiger partial charge in [-0.15, -0.1) is 0 Å². The van der Waals surface area contributed by atoms with Crippen LogP contribution < -0.4 is 5.11 Å². The van der Waals surface area contributed by atoms with Gasteiger partial charge in [-0.25, -0.2) is 4.79 Å². The molecule has 0 aliphatic heterocycles. The average molecular weight is 203 g/mol. The maximum absolute atomic E-state index is 10.7. The molecule has 1 rings (SSSR count). The third-order valence-corrected chi connectivity index (χ3v) is 1.12. The summed E-state index contributed by atoms with van der Waals surface area (Å²) in [4.78, 5) is 10.2. The molecule has 0 saturated carbocycles. The summed E-state index contributed by atoms with van der Waals surface area (Å²) >= 11 is 0. The molecule has 0 amide bonds. The van der Waals surface area contributed by atoms with E-state index in [1.54, 1.807) is 0 Å². The largest absolute Gasteiger partial charge is 0.872 e. The van der Waals surface area contributed by atoms with Crippen LogP contribution in [-0.4, -0.2) is 11.1 Å². The molecule has 0 saturated heterocycles. The van der Waals surface area contributed by atoms with Crippen molar-refractivity contribution in [1.82, 2.24) is 0 Å². The molecular weight excluding hydrogens is 197 g/mol. The van der Waals surface area contributed by atoms with Crippen molar-refractivity contribution in [2.45, 2.75) is 0 Å². The summed E-state index contributed by atoms with van der Waals surface area (Å²) < 4.78 is 0. The van der Waals surface area contributed by atoms with Gasteiger partial charge < -0.3 is 10.2 Å². The van der Waals surface area contributed by atoms with E-state index < -0.39 is 11.7 Å². The number of hydrogen-bond acceptors (Lipinski definition) is 2. The summed E-state index contributed by atoms with van der Waals surface area (Å²) in [5, 5.41) is 19.0. The van der Waals surface area contributed by atoms with E-state index in [-0.39, 0.29) is 25.0 Å². The molecule has 4 heteroatoms. The first-order valence-electron chi connectivity index (χ1n) is 2.71. The van der Waals surface area contributed by atoms with Gasteiger partial charge in [0.1, 0.15) is 0 Å². The molecule has 0 aliphatic rings. The summed E-state index contributed by atoms with van der Waals surface area (Å²) in [6.07, 6.45) is 0. The van der Waals surface area contributed by atoms with Crippen LogP contribution >= 0.6 is 0 Å². The molecule has 0 fully saturated rings. The summed E-state index contributed by atoms with van der Waals surface area (Å²) in [7, 11) is 0. The Labute approximate surface area is 76.4 Å². The Morgan fingerprint density at radius 2 is 1.91 bits per heavy atom. The number of rotatable bonds is 1. The van der Waals surface area contributed by atoms with Crippen LogP contribution in [0.15, 0.2) is 24.3 Å². The van der Waals surface area contributed by atoms with Crippen molar-refractivity contribution in [3.8, 4) is 5.75 Å². The number of benzene rings is 1. The first-order valence-corrected chi connectivity index (χ1v) is 2.71. The minimum atomic E-state index is -1.18. The molecule has 1 aromatic carbocycles. The predicted octanol–water partition coefficient (Wildman–Crippen LogP) is 0.456. The Balaban J connectivity index is 0.000001000. The van der Waals surface area contributed by atoms with E-state index in [4.69, 9.17) is 5.11 Å². The van der Waals surface area contributed by atoms with Gasteiger partial charge in [0.2, 0.25) is 0 Å². The second-order valence-corrected chi connectivity index (χ2v) is 1.80. The van der Waals surface area contributed by atoms with Gasteiger partial charge in [0.25, 0.3) is 0 Å². The standard InChI is InChI=1S/C7H6O3.Zn/c8-6-4-2-1-3-5(6)7(9)10;/h1-4,8H,(H,9,10);/p-1. The van der Waals surface area contributed by atoms with Crippen molar-refractivity contribution in [3.05, 3.63) is 29.8 Å². The van der Waals surface area contributed by atoms with E-state index in [0.29, 0.717) is 0 Å². The fourth-order valence-electron chi connectivity index (χ4n) is 0.643. The average Bonchev–Trinajstić information content (AvgIpc) is 1.88. The molecule has 0 heterocycles. The van der Waals surface area contributed by atoms with Crippen molar-refractivity contribution >= 4 is 5.97 Å². The van der Waals surface area contributed by atoms with Crippen molar-refractivity contribution < 1.29 is 34.5 Å². The van der Waals surface area contributed by atoms with Crippen LogP contribution in [0.3, 0.4) is 0 Å². The van der Waals surface area contributed by atoms with Crippen LogP contribution in [0.1, 0.15) is 10.4 Å². The quantitative estimate of drug-likeness (QED) is 0.673. The van der Waals surface area contributed by atoms with Crippen LogP contribution in [0.4, 0.5) is 0 Å². The summed E-state index contributed by atoms with van der Waals surface area (Å²) in [6.45, 7) is 0. The fraction of sp³-hybridized carbons (Fsp3) is 0. The van der Waals surface area contributed by atoms with E-state index in [1.807, 2.05) is 0 Å². The topological polar surface area (TPSA) is 60.4 Å². The Bertz CT molecular complexity index is 260. The van der Waals surface area contributed by atoms with E-state index in [9.17, 15) is 9.90 Å². The van der Waals surface area contributed by atoms with Gasteiger partial charge in [-0.3, -0.25) is 0 Å². The molecule has 1 aromatic rings. The van der Waals surface area contributed by atoms with Crippen LogP contribution in [-0.2, 0) is 19.5 Å². The maximum Gasteiger partial charge on any atom is 0.335 e. The van der Waals surface area contributed by atoms with Crippen molar-refractivity contribution in [2.75, 3.05) is 0 Å². The zero-order valence-electron chi connectivity index (χ0n) is 5.78. The van der Waals surface area contributed by atoms with Gasteiger partial charge >= 0.3 is 5.97 Å². The Hall–Kier alpha value is -0.887. The molecule has 0 aliphatic carbocycles. The van der Waals surface area contributed by atoms with Crippen molar-refractivity contribution in [1.29, 1.82) is 0 Å². The van der Waals surface area contributed by atoms with Crippen LogP contribution in [0.5, 0.6) is 5.75 Å². The molecule has 0 bridgehead atoms. The zero-order valence-corrected chi connectivity index (χ0v) is 8.75. The molecule has 3 nitrogen and oxygen atoms in total. The molecule has 0 unspecified atom stereocenters. The van der Waals surface area contributed by atoms with Gasteiger partial charge in [0, 0.05) is 19.5 Å². The summed E-state index contributed by atoms with van der Waals surface area (Å²) in [5.74, 6) is -1.62. The summed E-state index contributed by atoms with van der Waals surface area (Å²) in [5.41, 5.74) is -0.178. The third kappa shape index (κ3) is 2.32. The number of carboxylic acids is 1. The number of para-hydroxylation sites is 1. The second-order valence-electron chi connectivity index (χ2n) is 1.80. The Morgan fingerprint density at radius 1 is 1.36 bits per heavy atom. The summed E-state index contributed by atoms with van der Waals surface area (Å²) in [6, 6.07) is 5.54. The van der Waals surface area contributed by atoms with Gasteiger partial charge in [0.15, 0.2) is 0 Å². The smallest absolute Gasteiger partial charge is 0.335 e. The minimum Gasteiger partial charge on any atom is -0.872 e. The van der Waals surface area contributed by atoms with Gasteiger partial charge in [-0.05, 0) is 6.07 Å². The Kier molecular flexibility index (Phi) is 3.76. The van der Waals surface area contributed by atoms with Crippen molar-refractivity contribution in [3.63, 3.8) is 0 Å². The third-order valence-electron chi connectivity index (χ3n) is 1.12. The monoisotopic (exact) mass is 201 g/mol. The normalized spacial score (nSPS) is 8.36. The first kappa shape index (κ1) is 10.1. The molecule has 0 spiro atoms. The molecular formula is C7H5O3Zn-. The van der Waals surface area contributed by atoms with E-state index in [0.717, 1.165) is 0 Å². The second kappa shape index (κ2) is 4.09. The molecule has 0 radical (unpaired) electrons. The molecule has 1 N–H and O–H groups in total. The van der Waals surface area contributed by atoms with Gasteiger partial charge in [0.05, 0.1) is 5.56 Å². The predicted molar refractivity (Wildman–Crippen MR) is 32.8 cm³/mol. The Morgan fingerprint density at radius 3 is 2.27 bits per heavy atom. The molecule has 0 atom stereocenters. The first-order chi connectivity index (χ1) is 4.72. The number of aromatic carboxylic acids is 1.